The first-order valence-corrected chi connectivity index (χ1v) is 9.52. The lowest BCUT2D eigenvalue weighted by Crippen LogP contribution is -2.38. The molecule has 0 unspecified atom stereocenters. The Labute approximate surface area is 168 Å². The topological polar surface area (TPSA) is 77.3 Å². The minimum atomic E-state index is -0.567. The summed E-state index contributed by atoms with van der Waals surface area (Å²) in [5.74, 6) is -0.140. The van der Waals surface area contributed by atoms with Gasteiger partial charge in [-0.15, -0.1) is 0 Å². The zero-order valence-electron chi connectivity index (χ0n) is 16.5. The number of nitrogens with zero attached hydrogens (tertiary/aromatic N) is 4. The molecule has 0 aliphatic carbocycles. The van der Waals surface area contributed by atoms with Crippen LogP contribution in [0.25, 0.3) is 5.82 Å². The summed E-state index contributed by atoms with van der Waals surface area (Å²) in [4.78, 5) is 30.8. The van der Waals surface area contributed by atoms with Crippen LogP contribution in [0.4, 0.5) is 0 Å². The molecule has 0 fully saturated rings. The third-order valence-electron chi connectivity index (χ3n) is 5.02. The second-order valence-electron chi connectivity index (χ2n) is 7.15. The molecule has 0 saturated heterocycles. The monoisotopic (exact) mass is 390 g/mol. The highest BCUT2D eigenvalue weighted by molar-refractivity contribution is 5.91. The van der Waals surface area contributed by atoms with E-state index in [-0.39, 0.29) is 12.5 Å². The van der Waals surface area contributed by atoms with Crippen molar-refractivity contribution in [1.29, 1.82) is 0 Å². The van der Waals surface area contributed by atoms with Crippen molar-refractivity contribution in [3.63, 3.8) is 0 Å². The Balaban J connectivity index is 1.35. The zero-order chi connectivity index (χ0) is 20.4. The molecule has 3 aromatic rings. The maximum Gasteiger partial charge on any atom is 0.340 e. The van der Waals surface area contributed by atoms with E-state index in [1.807, 2.05) is 38.1 Å². The van der Waals surface area contributed by atoms with Crippen molar-refractivity contribution in [3.05, 3.63) is 76.7 Å². The summed E-state index contributed by atoms with van der Waals surface area (Å²) >= 11 is 0. The summed E-state index contributed by atoms with van der Waals surface area (Å²) in [6, 6.07) is 13.4. The summed E-state index contributed by atoms with van der Waals surface area (Å²) in [7, 11) is 0. The average molecular weight is 390 g/mol. The normalized spacial score (nSPS) is 13.1. The van der Waals surface area contributed by atoms with Gasteiger partial charge < -0.3 is 9.64 Å². The van der Waals surface area contributed by atoms with Gasteiger partial charge in [0.1, 0.15) is 0 Å². The van der Waals surface area contributed by atoms with E-state index >= 15 is 0 Å². The molecule has 0 N–H and O–H groups in total. The lowest BCUT2D eigenvalue weighted by molar-refractivity contribution is -0.135. The number of fused-ring (bicyclic) bond motifs is 1. The number of aromatic nitrogens is 3. The number of carbonyl (C=O) groups excluding carboxylic acids is 2. The fourth-order valence-corrected chi connectivity index (χ4v) is 3.50. The molecule has 1 aliphatic rings. The Bertz CT molecular complexity index is 1060. The summed E-state index contributed by atoms with van der Waals surface area (Å²) in [6.45, 7) is 4.75. The molecule has 0 spiro atoms. The minimum Gasteiger partial charge on any atom is -0.452 e. The highest BCUT2D eigenvalue weighted by atomic mass is 16.5. The van der Waals surface area contributed by atoms with Crippen LogP contribution in [0, 0.1) is 13.8 Å². The summed E-state index contributed by atoms with van der Waals surface area (Å²) in [5, 5.41) is 4.37. The second-order valence-corrected chi connectivity index (χ2v) is 7.15. The van der Waals surface area contributed by atoms with Gasteiger partial charge in [-0.2, -0.15) is 5.10 Å². The molecule has 4 rings (SSSR count). The molecular weight excluding hydrogens is 368 g/mol. The number of hydrogen-bond donors (Lipinski definition) is 0. The van der Waals surface area contributed by atoms with Crippen LogP contribution in [0.15, 0.2) is 48.7 Å². The molecule has 29 heavy (non-hydrogen) atoms. The zero-order valence-corrected chi connectivity index (χ0v) is 16.5. The molecule has 3 heterocycles. The fourth-order valence-electron chi connectivity index (χ4n) is 3.50. The molecular formula is C22H22N4O3. The van der Waals surface area contributed by atoms with Gasteiger partial charge in [0.2, 0.25) is 0 Å². The Morgan fingerprint density at radius 3 is 2.59 bits per heavy atom. The predicted molar refractivity (Wildman–Crippen MR) is 107 cm³/mol. The maximum atomic E-state index is 12.4. The van der Waals surface area contributed by atoms with Crippen molar-refractivity contribution in [3.8, 4) is 5.82 Å². The van der Waals surface area contributed by atoms with Gasteiger partial charge in [0.05, 0.1) is 11.3 Å². The van der Waals surface area contributed by atoms with Crippen molar-refractivity contribution < 1.29 is 14.3 Å². The van der Waals surface area contributed by atoms with E-state index in [9.17, 15) is 9.59 Å². The lowest BCUT2D eigenvalue weighted by Gasteiger charge is -2.28. The molecule has 7 nitrogen and oxygen atoms in total. The third-order valence-corrected chi connectivity index (χ3v) is 5.02. The van der Waals surface area contributed by atoms with Gasteiger partial charge in [-0.3, -0.25) is 4.79 Å². The first-order valence-electron chi connectivity index (χ1n) is 9.52. The molecule has 148 valence electrons. The number of amides is 1. The van der Waals surface area contributed by atoms with E-state index in [0.29, 0.717) is 24.5 Å². The molecule has 0 radical (unpaired) electrons. The highest BCUT2D eigenvalue weighted by Gasteiger charge is 2.21. The highest BCUT2D eigenvalue weighted by Crippen LogP contribution is 2.18. The first-order chi connectivity index (χ1) is 14.0. The van der Waals surface area contributed by atoms with E-state index < -0.39 is 5.97 Å². The number of ether oxygens (including phenoxy) is 1. The molecule has 0 bridgehead atoms. The minimum absolute atomic E-state index is 0.194. The predicted octanol–water partition coefficient (Wildman–Crippen LogP) is 2.63. The van der Waals surface area contributed by atoms with Gasteiger partial charge >= 0.3 is 5.97 Å². The summed E-state index contributed by atoms with van der Waals surface area (Å²) in [5.41, 5.74) is 4.56. The van der Waals surface area contributed by atoms with E-state index in [2.05, 4.69) is 16.1 Å². The quantitative estimate of drug-likeness (QED) is 0.640. The van der Waals surface area contributed by atoms with Crippen molar-refractivity contribution in [2.24, 2.45) is 0 Å². The molecule has 0 saturated carbocycles. The summed E-state index contributed by atoms with van der Waals surface area (Å²) < 4.78 is 6.92. The van der Waals surface area contributed by atoms with Crippen LogP contribution >= 0.6 is 0 Å². The van der Waals surface area contributed by atoms with Gasteiger partial charge in [0.15, 0.2) is 12.4 Å². The number of rotatable bonds is 4. The molecule has 1 amide bonds. The van der Waals surface area contributed by atoms with Crippen molar-refractivity contribution in [2.75, 3.05) is 13.2 Å². The van der Waals surface area contributed by atoms with Crippen molar-refractivity contribution >= 4 is 11.9 Å². The van der Waals surface area contributed by atoms with Crippen molar-refractivity contribution in [1.82, 2.24) is 19.7 Å². The van der Waals surface area contributed by atoms with Crippen LogP contribution in [-0.4, -0.2) is 44.7 Å². The maximum absolute atomic E-state index is 12.4. The number of aryl methyl sites for hydroxylation is 2. The van der Waals surface area contributed by atoms with E-state index in [0.717, 1.165) is 23.4 Å². The number of pyridine rings is 1. The molecule has 1 aliphatic heterocycles. The van der Waals surface area contributed by atoms with Crippen molar-refractivity contribution in [2.45, 2.75) is 26.8 Å². The van der Waals surface area contributed by atoms with Gasteiger partial charge in [-0.1, -0.05) is 24.3 Å². The van der Waals surface area contributed by atoms with Crippen LogP contribution in [0.3, 0.4) is 0 Å². The summed E-state index contributed by atoms with van der Waals surface area (Å²) in [6.07, 6.45) is 2.25. The van der Waals surface area contributed by atoms with Gasteiger partial charge in [0, 0.05) is 25.0 Å². The Morgan fingerprint density at radius 2 is 1.90 bits per heavy atom. The second kappa shape index (κ2) is 7.87. The molecule has 1 aromatic carbocycles. The lowest BCUT2D eigenvalue weighted by atomic mass is 10.00. The van der Waals surface area contributed by atoms with Crippen LogP contribution in [0.1, 0.15) is 32.9 Å². The molecule has 0 atom stereocenters. The van der Waals surface area contributed by atoms with E-state index in [1.165, 1.54) is 11.8 Å². The van der Waals surface area contributed by atoms with Gasteiger partial charge in [-0.25, -0.2) is 14.5 Å². The van der Waals surface area contributed by atoms with E-state index in [4.69, 9.17) is 4.74 Å². The number of benzene rings is 1. The van der Waals surface area contributed by atoms with Gasteiger partial charge in [-0.05, 0) is 49.6 Å². The van der Waals surface area contributed by atoms with Gasteiger partial charge in [0.25, 0.3) is 5.91 Å². The smallest absolute Gasteiger partial charge is 0.340 e. The number of carbonyl (C=O) groups is 2. The number of esters is 1. The van der Waals surface area contributed by atoms with Crippen LogP contribution in [0.5, 0.6) is 0 Å². The Hall–Kier alpha value is -3.48. The standard InChI is InChI=1S/C22H22N4O3/c1-15-11-16(2)26(24-15)20-8-7-18(12-23-20)22(28)29-14-21(27)25-10-9-17-5-3-4-6-19(17)13-25/h3-8,11-12H,9-10,13-14H2,1-2H3. The third kappa shape index (κ3) is 4.03. The van der Waals surface area contributed by atoms with E-state index in [1.54, 1.807) is 21.7 Å². The largest absolute Gasteiger partial charge is 0.452 e. The fraction of sp³-hybridized carbons (Fsp3) is 0.273. The Kier molecular flexibility index (Phi) is 5.12. The first kappa shape index (κ1) is 18.9. The molecule has 7 heteroatoms. The Morgan fingerprint density at radius 1 is 1.10 bits per heavy atom. The average Bonchev–Trinajstić information content (AvgIpc) is 3.09. The number of hydrogen-bond acceptors (Lipinski definition) is 5. The van der Waals surface area contributed by atoms with Crippen LogP contribution < -0.4 is 0 Å². The molecule has 2 aromatic heterocycles. The van der Waals surface area contributed by atoms with Crippen LogP contribution in [0.2, 0.25) is 0 Å². The van der Waals surface area contributed by atoms with Crippen LogP contribution in [-0.2, 0) is 22.5 Å². The SMILES string of the molecule is Cc1cc(C)n(-c2ccc(C(=O)OCC(=O)N3CCc4ccccc4C3)cn2)n1.